The number of amides is 4. The van der Waals surface area contributed by atoms with Gasteiger partial charge in [-0.3, -0.25) is 25.0 Å². The number of rotatable bonds is 4. The van der Waals surface area contributed by atoms with Crippen molar-refractivity contribution in [2.75, 3.05) is 12.0 Å². The standard InChI is InChI=1S/C19H15N3O6/c1-11-5-3-4-6-14(11)21-18(24)13(17(23)20-19(21)25)9-12-7-8-16(28-2)15(10-12)22(26)27/h3-10H,1-2H3,(H,20,23,25). The van der Waals surface area contributed by atoms with Crippen molar-refractivity contribution in [1.82, 2.24) is 5.32 Å². The number of carbonyl (C=O) groups excluding carboxylic acids is 3. The number of hydrogen-bond donors (Lipinski definition) is 1. The van der Waals surface area contributed by atoms with E-state index in [0.29, 0.717) is 11.3 Å². The number of barbiturate groups is 1. The largest absolute Gasteiger partial charge is 0.490 e. The number of nitrogens with one attached hydrogen (secondary N) is 1. The second-order valence-corrected chi connectivity index (χ2v) is 5.93. The van der Waals surface area contributed by atoms with Crippen LogP contribution in [0.2, 0.25) is 0 Å². The molecule has 0 radical (unpaired) electrons. The lowest BCUT2D eigenvalue weighted by molar-refractivity contribution is -0.385. The summed E-state index contributed by atoms with van der Waals surface area (Å²) in [5, 5.41) is 13.3. The van der Waals surface area contributed by atoms with Gasteiger partial charge in [0.05, 0.1) is 17.7 Å². The highest BCUT2D eigenvalue weighted by atomic mass is 16.6. The average molecular weight is 381 g/mol. The summed E-state index contributed by atoms with van der Waals surface area (Å²) >= 11 is 0. The first-order valence-electron chi connectivity index (χ1n) is 8.13. The van der Waals surface area contributed by atoms with Crippen LogP contribution < -0.4 is 15.0 Å². The molecule has 0 aromatic heterocycles. The van der Waals surface area contributed by atoms with Crippen LogP contribution in [0.1, 0.15) is 11.1 Å². The molecule has 0 atom stereocenters. The molecule has 1 aliphatic rings. The number of urea groups is 1. The number of nitro groups is 1. The number of anilines is 1. The van der Waals surface area contributed by atoms with E-state index in [2.05, 4.69) is 5.32 Å². The molecule has 1 N–H and O–H groups in total. The van der Waals surface area contributed by atoms with Crippen molar-refractivity contribution in [2.24, 2.45) is 0 Å². The van der Waals surface area contributed by atoms with Gasteiger partial charge in [-0.25, -0.2) is 9.69 Å². The van der Waals surface area contributed by atoms with Crippen molar-refractivity contribution in [3.63, 3.8) is 0 Å². The van der Waals surface area contributed by atoms with Gasteiger partial charge in [0.25, 0.3) is 11.8 Å². The Hall–Kier alpha value is -4.01. The molecular weight excluding hydrogens is 366 g/mol. The summed E-state index contributed by atoms with van der Waals surface area (Å²) in [6.45, 7) is 1.72. The van der Waals surface area contributed by atoms with E-state index in [1.807, 2.05) is 0 Å². The average Bonchev–Trinajstić information content (AvgIpc) is 2.66. The van der Waals surface area contributed by atoms with Crippen molar-refractivity contribution in [3.8, 4) is 5.75 Å². The molecule has 1 heterocycles. The van der Waals surface area contributed by atoms with Gasteiger partial charge >= 0.3 is 11.7 Å². The van der Waals surface area contributed by atoms with Gasteiger partial charge < -0.3 is 4.74 Å². The predicted molar refractivity (Wildman–Crippen MR) is 99.8 cm³/mol. The van der Waals surface area contributed by atoms with Gasteiger partial charge in [-0.05, 0) is 36.3 Å². The zero-order chi connectivity index (χ0) is 20.4. The summed E-state index contributed by atoms with van der Waals surface area (Å²) < 4.78 is 4.93. The molecule has 2 aromatic carbocycles. The van der Waals surface area contributed by atoms with Gasteiger partial charge in [0.2, 0.25) is 0 Å². The van der Waals surface area contributed by atoms with Gasteiger partial charge in [-0.15, -0.1) is 0 Å². The molecule has 9 heteroatoms. The molecule has 0 bridgehead atoms. The number of ether oxygens (including phenoxy) is 1. The van der Waals surface area contributed by atoms with Crippen LogP contribution in [0.4, 0.5) is 16.2 Å². The van der Waals surface area contributed by atoms with E-state index in [0.717, 1.165) is 4.90 Å². The number of hydrogen-bond acceptors (Lipinski definition) is 6. The lowest BCUT2D eigenvalue weighted by Crippen LogP contribution is -2.54. The van der Waals surface area contributed by atoms with E-state index >= 15 is 0 Å². The third-order valence-corrected chi connectivity index (χ3v) is 4.17. The van der Waals surface area contributed by atoms with Crippen molar-refractivity contribution in [1.29, 1.82) is 0 Å². The Morgan fingerprint density at radius 1 is 1.14 bits per heavy atom. The van der Waals surface area contributed by atoms with Crippen molar-refractivity contribution in [2.45, 2.75) is 6.92 Å². The van der Waals surface area contributed by atoms with Gasteiger partial charge in [0.1, 0.15) is 5.57 Å². The fourth-order valence-corrected chi connectivity index (χ4v) is 2.80. The minimum Gasteiger partial charge on any atom is -0.490 e. The Bertz CT molecular complexity index is 1040. The maximum Gasteiger partial charge on any atom is 0.335 e. The zero-order valence-electron chi connectivity index (χ0n) is 15.0. The zero-order valence-corrected chi connectivity index (χ0v) is 15.0. The number of benzene rings is 2. The van der Waals surface area contributed by atoms with Crippen LogP contribution in [-0.4, -0.2) is 29.9 Å². The Morgan fingerprint density at radius 2 is 1.86 bits per heavy atom. The quantitative estimate of drug-likeness (QED) is 0.376. The Balaban J connectivity index is 2.06. The summed E-state index contributed by atoms with van der Waals surface area (Å²) in [5.41, 5.74) is 0.614. The first kappa shape index (κ1) is 18.8. The van der Waals surface area contributed by atoms with E-state index in [-0.39, 0.29) is 22.6 Å². The molecule has 0 unspecified atom stereocenters. The van der Waals surface area contributed by atoms with Crippen LogP contribution in [0, 0.1) is 17.0 Å². The van der Waals surface area contributed by atoms with E-state index < -0.39 is 22.8 Å². The number of para-hydroxylation sites is 1. The maximum atomic E-state index is 12.9. The van der Waals surface area contributed by atoms with Crippen molar-refractivity contribution in [3.05, 3.63) is 69.3 Å². The van der Waals surface area contributed by atoms with Gasteiger partial charge in [-0.1, -0.05) is 24.3 Å². The molecule has 28 heavy (non-hydrogen) atoms. The number of carbonyl (C=O) groups is 3. The fraction of sp³-hybridized carbons (Fsp3) is 0.105. The van der Waals surface area contributed by atoms with E-state index in [4.69, 9.17) is 4.74 Å². The third kappa shape index (κ3) is 3.32. The van der Waals surface area contributed by atoms with Crippen LogP contribution in [0.15, 0.2) is 48.0 Å². The number of aryl methyl sites for hydroxylation is 1. The minimum atomic E-state index is -0.877. The summed E-state index contributed by atoms with van der Waals surface area (Å²) in [6.07, 6.45) is 1.20. The maximum absolute atomic E-state index is 12.9. The summed E-state index contributed by atoms with van der Waals surface area (Å²) in [6, 6.07) is 9.87. The first-order valence-corrected chi connectivity index (χ1v) is 8.13. The second-order valence-electron chi connectivity index (χ2n) is 5.93. The van der Waals surface area contributed by atoms with Crippen LogP contribution >= 0.6 is 0 Å². The lowest BCUT2D eigenvalue weighted by Gasteiger charge is -2.27. The molecule has 142 valence electrons. The van der Waals surface area contributed by atoms with Crippen molar-refractivity contribution < 1.29 is 24.0 Å². The van der Waals surface area contributed by atoms with Crippen LogP contribution in [0.3, 0.4) is 0 Å². The SMILES string of the molecule is COc1ccc(C=C2C(=O)NC(=O)N(c3ccccc3C)C2=O)cc1[N+](=O)[O-]. The Kier molecular flexibility index (Phi) is 4.90. The van der Waals surface area contributed by atoms with Gasteiger partial charge in [0, 0.05) is 6.07 Å². The fourth-order valence-electron chi connectivity index (χ4n) is 2.80. The molecule has 3 rings (SSSR count). The van der Waals surface area contributed by atoms with E-state index in [1.54, 1.807) is 31.2 Å². The number of nitrogens with zero attached hydrogens (tertiary/aromatic N) is 2. The number of methoxy groups -OCH3 is 1. The summed E-state index contributed by atoms with van der Waals surface area (Å²) in [5.74, 6) is -1.65. The van der Waals surface area contributed by atoms with E-state index in [9.17, 15) is 24.5 Å². The molecule has 0 spiro atoms. The topological polar surface area (TPSA) is 119 Å². The molecule has 0 saturated carbocycles. The molecule has 9 nitrogen and oxygen atoms in total. The monoisotopic (exact) mass is 381 g/mol. The van der Waals surface area contributed by atoms with Crippen LogP contribution in [-0.2, 0) is 9.59 Å². The molecule has 4 amide bonds. The second kappa shape index (κ2) is 7.31. The first-order chi connectivity index (χ1) is 13.3. The van der Waals surface area contributed by atoms with Gasteiger partial charge in [-0.2, -0.15) is 0 Å². The number of nitro benzene ring substituents is 1. The van der Waals surface area contributed by atoms with Gasteiger partial charge in [0.15, 0.2) is 5.75 Å². The molecule has 1 saturated heterocycles. The molecule has 0 aliphatic carbocycles. The highest BCUT2D eigenvalue weighted by Gasteiger charge is 2.37. The normalized spacial score (nSPS) is 15.6. The van der Waals surface area contributed by atoms with Crippen LogP contribution in [0.25, 0.3) is 6.08 Å². The Morgan fingerprint density at radius 3 is 2.50 bits per heavy atom. The summed E-state index contributed by atoms with van der Waals surface area (Å²) in [7, 11) is 1.30. The summed E-state index contributed by atoms with van der Waals surface area (Å²) in [4.78, 5) is 48.7. The molecule has 1 aliphatic heterocycles. The van der Waals surface area contributed by atoms with Crippen LogP contribution in [0.5, 0.6) is 5.75 Å². The Labute approximate surface area is 159 Å². The molecule has 1 fully saturated rings. The molecule has 2 aromatic rings. The highest BCUT2D eigenvalue weighted by Crippen LogP contribution is 2.29. The number of imide groups is 2. The highest BCUT2D eigenvalue weighted by molar-refractivity contribution is 6.39. The smallest absolute Gasteiger partial charge is 0.335 e. The third-order valence-electron chi connectivity index (χ3n) is 4.17. The molecular formula is C19H15N3O6. The lowest BCUT2D eigenvalue weighted by atomic mass is 10.1. The predicted octanol–water partition coefficient (Wildman–Crippen LogP) is 2.58. The van der Waals surface area contributed by atoms with Crippen molar-refractivity contribution >= 4 is 35.3 Å². The van der Waals surface area contributed by atoms with E-state index in [1.165, 1.54) is 31.4 Å². The minimum absolute atomic E-state index is 0.0447.